The summed E-state index contributed by atoms with van der Waals surface area (Å²) < 4.78 is 14.2. The molecule has 0 bridgehead atoms. The molecule has 7 nitrogen and oxygen atoms in total. The van der Waals surface area contributed by atoms with Crippen LogP contribution in [-0.4, -0.2) is 63.9 Å². The maximum absolute atomic E-state index is 14.2. The topological polar surface area (TPSA) is 85.3 Å². The zero-order valence-corrected chi connectivity index (χ0v) is 16.5. The number of alkyl halides is 1. The molecule has 2 aliphatic rings. The minimum Gasteiger partial charge on any atom is -0.394 e. The molecule has 2 atom stereocenters. The first kappa shape index (κ1) is 19.8. The summed E-state index contributed by atoms with van der Waals surface area (Å²) >= 11 is 3.55. The fourth-order valence-electron chi connectivity index (χ4n) is 3.22. The van der Waals surface area contributed by atoms with Crippen LogP contribution in [0.4, 0.5) is 10.1 Å². The van der Waals surface area contributed by atoms with Crippen LogP contribution in [0.1, 0.15) is 6.92 Å². The third kappa shape index (κ3) is 3.60. The standard InChI is InChI=1S/C18H21BrFN3O4/c1-10-14-11(19)9-23(27-8-7-24)18(26)15(14)16(22(2)17(10)25)21-13-6-4-3-5-12(13)20/h3-6,11,17,21,24-25H,7-9H2,1-2H3. The second-order valence-electron chi connectivity index (χ2n) is 6.30. The van der Waals surface area contributed by atoms with Gasteiger partial charge in [-0.1, -0.05) is 28.1 Å². The van der Waals surface area contributed by atoms with Gasteiger partial charge in [-0.3, -0.25) is 9.63 Å². The average molecular weight is 442 g/mol. The molecule has 146 valence electrons. The summed E-state index contributed by atoms with van der Waals surface area (Å²) in [6.45, 7) is 1.72. The highest BCUT2D eigenvalue weighted by atomic mass is 79.9. The smallest absolute Gasteiger partial charge is 0.281 e. The number of nitrogens with one attached hydrogen (secondary N) is 1. The number of fused-ring (bicyclic) bond motifs is 1. The highest BCUT2D eigenvalue weighted by Crippen LogP contribution is 2.39. The Morgan fingerprint density at radius 2 is 2.11 bits per heavy atom. The van der Waals surface area contributed by atoms with Crippen molar-refractivity contribution >= 4 is 27.5 Å². The fourth-order valence-corrected chi connectivity index (χ4v) is 4.07. The molecule has 2 unspecified atom stereocenters. The van der Waals surface area contributed by atoms with E-state index < -0.39 is 18.0 Å². The zero-order chi connectivity index (χ0) is 19.7. The molecule has 9 heteroatoms. The third-order valence-electron chi connectivity index (χ3n) is 4.58. The van der Waals surface area contributed by atoms with Crippen LogP contribution in [0.3, 0.4) is 0 Å². The summed E-state index contributed by atoms with van der Waals surface area (Å²) in [6.07, 6.45) is -0.962. The van der Waals surface area contributed by atoms with Gasteiger partial charge < -0.3 is 20.4 Å². The van der Waals surface area contributed by atoms with Gasteiger partial charge in [-0.25, -0.2) is 9.45 Å². The lowest BCUT2D eigenvalue weighted by Gasteiger charge is -2.42. The van der Waals surface area contributed by atoms with Crippen LogP contribution in [0, 0.1) is 5.82 Å². The van der Waals surface area contributed by atoms with E-state index in [-0.39, 0.29) is 41.7 Å². The molecular weight excluding hydrogens is 421 g/mol. The normalized spacial score (nSPS) is 23.1. The second-order valence-corrected chi connectivity index (χ2v) is 7.41. The number of para-hydroxylation sites is 1. The molecule has 2 heterocycles. The number of piperidine rings is 1. The molecule has 1 aromatic carbocycles. The molecule has 2 aliphatic heterocycles. The quantitative estimate of drug-likeness (QED) is 0.601. The Morgan fingerprint density at radius 1 is 1.41 bits per heavy atom. The summed E-state index contributed by atoms with van der Waals surface area (Å²) in [7, 11) is 1.62. The van der Waals surface area contributed by atoms with E-state index in [9.17, 15) is 14.3 Å². The van der Waals surface area contributed by atoms with Crippen LogP contribution < -0.4 is 5.32 Å². The number of hydrogen-bond donors (Lipinski definition) is 3. The van der Waals surface area contributed by atoms with E-state index in [1.807, 2.05) is 0 Å². The van der Waals surface area contributed by atoms with Crippen LogP contribution in [0.5, 0.6) is 0 Å². The van der Waals surface area contributed by atoms with E-state index in [1.54, 1.807) is 32.2 Å². The number of amides is 1. The van der Waals surface area contributed by atoms with Crippen molar-refractivity contribution in [3.8, 4) is 0 Å². The van der Waals surface area contributed by atoms with Crippen LogP contribution in [0.15, 0.2) is 46.8 Å². The highest BCUT2D eigenvalue weighted by Gasteiger charge is 2.42. The van der Waals surface area contributed by atoms with Gasteiger partial charge in [-0.15, -0.1) is 0 Å². The van der Waals surface area contributed by atoms with Crippen molar-refractivity contribution in [2.75, 3.05) is 32.1 Å². The highest BCUT2D eigenvalue weighted by molar-refractivity contribution is 9.09. The van der Waals surface area contributed by atoms with E-state index in [4.69, 9.17) is 9.94 Å². The molecule has 1 saturated heterocycles. The summed E-state index contributed by atoms with van der Waals surface area (Å²) in [4.78, 5) is 19.6. The van der Waals surface area contributed by atoms with Gasteiger partial charge in [0.05, 0.1) is 35.8 Å². The average Bonchev–Trinajstić information content (AvgIpc) is 2.65. The lowest BCUT2D eigenvalue weighted by atomic mass is 9.89. The van der Waals surface area contributed by atoms with E-state index in [0.29, 0.717) is 11.1 Å². The molecule has 0 aliphatic carbocycles. The number of anilines is 1. The van der Waals surface area contributed by atoms with Gasteiger partial charge in [0.1, 0.15) is 17.9 Å². The molecular formula is C18H21BrFN3O4. The Kier molecular flexibility index (Phi) is 5.85. The third-order valence-corrected chi connectivity index (χ3v) is 5.33. The maximum Gasteiger partial charge on any atom is 0.281 e. The van der Waals surface area contributed by atoms with Gasteiger partial charge in [0.25, 0.3) is 5.91 Å². The van der Waals surface area contributed by atoms with Crippen molar-refractivity contribution in [1.82, 2.24) is 9.96 Å². The molecule has 0 spiro atoms. The Bertz CT molecular complexity index is 814. The lowest BCUT2D eigenvalue weighted by molar-refractivity contribution is -0.186. The number of nitrogens with zero attached hydrogens (tertiary/aromatic N) is 2. The molecule has 3 rings (SSSR count). The SMILES string of the molecule is CC1=C2C(=C(Nc3ccccc3F)N(C)C1O)C(=O)N(OCCO)CC2Br. The van der Waals surface area contributed by atoms with Gasteiger partial charge in [0, 0.05) is 7.05 Å². The molecule has 1 aromatic rings. The minimum atomic E-state index is -0.962. The van der Waals surface area contributed by atoms with Crippen molar-refractivity contribution in [2.24, 2.45) is 0 Å². The number of carbonyl (C=O) groups excluding carboxylic acids is 1. The first-order valence-electron chi connectivity index (χ1n) is 8.44. The largest absolute Gasteiger partial charge is 0.394 e. The van der Waals surface area contributed by atoms with Crippen molar-refractivity contribution < 1.29 is 24.2 Å². The number of likely N-dealkylation sites (N-methyl/N-ethyl adjacent to an activating group) is 1. The predicted octanol–water partition coefficient (Wildman–Crippen LogP) is 1.56. The molecule has 0 radical (unpaired) electrons. The number of aliphatic hydroxyl groups excluding tert-OH is 2. The number of hydroxylamine groups is 2. The van der Waals surface area contributed by atoms with Crippen molar-refractivity contribution in [2.45, 2.75) is 18.0 Å². The molecule has 3 N–H and O–H groups in total. The zero-order valence-electron chi connectivity index (χ0n) is 14.9. The van der Waals surface area contributed by atoms with Crippen molar-refractivity contribution in [3.05, 3.63) is 52.6 Å². The summed E-state index contributed by atoms with van der Waals surface area (Å²) in [5, 5.41) is 23.7. The Balaban J connectivity index is 2.10. The van der Waals surface area contributed by atoms with E-state index in [2.05, 4.69) is 21.2 Å². The van der Waals surface area contributed by atoms with Gasteiger partial charge in [0.2, 0.25) is 0 Å². The van der Waals surface area contributed by atoms with Crippen molar-refractivity contribution in [3.63, 3.8) is 0 Å². The van der Waals surface area contributed by atoms with E-state index in [0.717, 1.165) is 5.06 Å². The summed E-state index contributed by atoms with van der Waals surface area (Å²) in [5.74, 6) is -0.626. The molecule has 0 saturated carbocycles. The van der Waals surface area contributed by atoms with Gasteiger partial charge >= 0.3 is 0 Å². The minimum absolute atomic E-state index is 0.0225. The Labute approximate surface area is 164 Å². The van der Waals surface area contributed by atoms with Gasteiger partial charge in [-0.05, 0) is 30.2 Å². The number of hydrogen-bond acceptors (Lipinski definition) is 6. The van der Waals surface area contributed by atoms with Crippen LogP contribution in [0.2, 0.25) is 0 Å². The second kappa shape index (κ2) is 7.97. The first-order chi connectivity index (χ1) is 12.9. The Morgan fingerprint density at radius 3 is 2.78 bits per heavy atom. The molecule has 0 aromatic heterocycles. The van der Waals surface area contributed by atoms with E-state index >= 15 is 0 Å². The van der Waals surface area contributed by atoms with Gasteiger partial charge in [0.15, 0.2) is 0 Å². The molecule has 1 fully saturated rings. The summed E-state index contributed by atoms with van der Waals surface area (Å²) in [6, 6.07) is 6.09. The number of carbonyl (C=O) groups is 1. The number of rotatable bonds is 5. The molecule has 1 amide bonds. The van der Waals surface area contributed by atoms with Crippen LogP contribution in [0.25, 0.3) is 0 Å². The predicted molar refractivity (Wildman–Crippen MR) is 101 cm³/mol. The van der Waals surface area contributed by atoms with Crippen LogP contribution >= 0.6 is 15.9 Å². The Hall–Kier alpha value is -1.94. The number of aliphatic hydroxyl groups is 2. The molecule has 27 heavy (non-hydrogen) atoms. The number of halogens is 2. The van der Waals surface area contributed by atoms with Crippen LogP contribution in [-0.2, 0) is 9.63 Å². The maximum atomic E-state index is 14.2. The number of benzene rings is 1. The first-order valence-corrected chi connectivity index (χ1v) is 9.35. The fraction of sp³-hybridized carbons (Fsp3) is 0.389. The monoisotopic (exact) mass is 441 g/mol. The van der Waals surface area contributed by atoms with Crippen molar-refractivity contribution in [1.29, 1.82) is 0 Å². The summed E-state index contributed by atoms with van der Waals surface area (Å²) in [5.41, 5.74) is 1.75. The lowest BCUT2D eigenvalue weighted by Crippen LogP contribution is -2.50. The van der Waals surface area contributed by atoms with E-state index in [1.165, 1.54) is 11.0 Å². The van der Waals surface area contributed by atoms with Gasteiger partial charge in [-0.2, -0.15) is 0 Å².